The number of carbonyl (C=O) groups excluding carboxylic acids is 2. The summed E-state index contributed by atoms with van der Waals surface area (Å²) in [6.45, 7) is 3.07. The lowest BCUT2D eigenvalue weighted by atomic mass is 10.0. The van der Waals surface area contributed by atoms with E-state index < -0.39 is 12.6 Å². The predicted molar refractivity (Wildman–Crippen MR) is 89.3 cm³/mol. The Morgan fingerprint density at radius 2 is 2.17 bits per heavy atom. The highest BCUT2D eigenvalue weighted by Gasteiger charge is 2.20. The zero-order valence-electron chi connectivity index (χ0n) is 12.9. The Morgan fingerprint density at radius 3 is 2.71 bits per heavy atom. The molecule has 2 N–H and O–H groups in total. The van der Waals surface area contributed by atoms with Crippen molar-refractivity contribution in [2.24, 2.45) is 0 Å². The molecule has 0 unspecified atom stereocenters. The highest BCUT2D eigenvalue weighted by Crippen LogP contribution is 2.34. The summed E-state index contributed by atoms with van der Waals surface area (Å²) in [5.41, 5.74) is 1.63. The molecule has 0 radical (unpaired) electrons. The third-order valence-electron chi connectivity index (χ3n) is 3.10. The van der Waals surface area contributed by atoms with Gasteiger partial charge in [-0.2, -0.15) is 0 Å². The first kappa shape index (κ1) is 17.5. The molecule has 126 valence electrons. The molecule has 0 atom stereocenters. The van der Waals surface area contributed by atoms with E-state index in [1.54, 1.807) is 24.3 Å². The molecule has 24 heavy (non-hydrogen) atoms. The molecule has 1 aromatic carbocycles. The van der Waals surface area contributed by atoms with Gasteiger partial charge in [0.25, 0.3) is 5.91 Å². The summed E-state index contributed by atoms with van der Waals surface area (Å²) in [6, 6.07) is 3.37. The summed E-state index contributed by atoms with van der Waals surface area (Å²) < 4.78 is 10.5. The summed E-state index contributed by atoms with van der Waals surface area (Å²) in [4.78, 5) is 22.4. The van der Waals surface area contributed by atoms with Crippen LogP contribution in [0.1, 0.15) is 11.1 Å². The van der Waals surface area contributed by atoms with Crippen LogP contribution in [-0.2, 0) is 16.0 Å². The van der Waals surface area contributed by atoms with Gasteiger partial charge in [-0.25, -0.2) is 0 Å². The number of amides is 1. The number of nitrogens with one attached hydrogen (secondary N) is 2. The number of hydrogen-bond acceptors (Lipinski definition) is 6. The van der Waals surface area contributed by atoms with Gasteiger partial charge < -0.3 is 24.7 Å². The van der Waals surface area contributed by atoms with Crippen LogP contribution in [-0.4, -0.2) is 30.7 Å². The first-order valence-corrected chi connectivity index (χ1v) is 7.34. The van der Waals surface area contributed by atoms with Crippen molar-refractivity contribution < 1.29 is 24.2 Å². The second kappa shape index (κ2) is 7.60. The molecule has 1 fully saturated rings. The Balaban J connectivity index is 2.43. The first-order chi connectivity index (χ1) is 11.4. The number of carboxylic acid groups (broad SMARTS) is 1. The van der Waals surface area contributed by atoms with E-state index in [0.29, 0.717) is 34.7 Å². The van der Waals surface area contributed by atoms with Gasteiger partial charge in [0.1, 0.15) is 12.3 Å². The van der Waals surface area contributed by atoms with Crippen molar-refractivity contribution in [3.05, 3.63) is 41.6 Å². The maximum absolute atomic E-state index is 11.7. The average Bonchev–Trinajstić information content (AvgIpc) is 2.83. The number of ether oxygens (including phenoxy) is 2. The quantitative estimate of drug-likeness (QED) is 0.403. The monoisotopic (exact) mass is 347 g/mol. The van der Waals surface area contributed by atoms with Crippen molar-refractivity contribution in [1.29, 1.82) is 0 Å². The number of carboxylic acids is 1. The molecule has 1 heterocycles. The SMILES string of the molecule is C=CCc1cc(/C=C2\NC(=S)NC2=O)cc(OC)c1OCC(=O)[O-]. The van der Waals surface area contributed by atoms with Crippen molar-refractivity contribution in [1.82, 2.24) is 10.6 Å². The molecular formula is C16H15N2O5S-. The molecule has 1 aliphatic rings. The van der Waals surface area contributed by atoms with Gasteiger partial charge in [0.15, 0.2) is 16.6 Å². The van der Waals surface area contributed by atoms with E-state index >= 15 is 0 Å². The third kappa shape index (κ3) is 4.11. The summed E-state index contributed by atoms with van der Waals surface area (Å²) in [5, 5.41) is 16.1. The zero-order valence-corrected chi connectivity index (χ0v) is 13.7. The Kier molecular flexibility index (Phi) is 5.54. The van der Waals surface area contributed by atoms with Crippen LogP contribution in [0.15, 0.2) is 30.5 Å². The molecule has 2 rings (SSSR count). The molecule has 8 heteroatoms. The van der Waals surface area contributed by atoms with Crippen molar-refractivity contribution in [3.63, 3.8) is 0 Å². The Labute approximate surface area is 143 Å². The number of thiocarbonyl (C=S) groups is 1. The Hall–Kier alpha value is -2.87. The number of aliphatic carboxylic acids is 1. The lowest BCUT2D eigenvalue weighted by Crippen LogP contribution is -2.29. The van der Waals surface area contributed by atoms with Crippen molar-refractivity contribution in [2.75, 3.05) is 13.7 Å². The van der Waals surface area contributed by atoms with E-state index in [1.807, 2.05) is 0 Å². The number of carbonyl (C=O) groups is 2. The van der Waals surface area contributed by atoms with Crippen molar-refractivity contribution in [2.45, 2.75) is 6.42 Å². The maximum atomic E-state index is 11.7. The number of benzene rings is 1. The molecule has 1 aromatic rings. The highest BCUT2D eigenvalue weighted by molar-refractivity contribution is 7.80. The molecule has 1 saturated heterocycles. The lowest BCUT2D eigenvalue weighted by Gasteiger charge is -2.16. The minimum atomic E-state index is -1.34. The Morgan fingerprint density at radius 1 is 1.42 bits per heavy atom. The topological polar surface area (TPSA) is 99.7 Å². The Bertz CT molecular complexity index is 742. The molecule has 1 aliphatic heterocycles. The molecule has 0 bridgehead atoms. The van der Waals surface area contributed by atoms with Gasteiger partial charge in [0.2, 0.25) is 0 Å². The van der Waals surface area contributed by atoms with Crippen LogP contribution in [0.2, 0.25) is 0 Å². The van der Waals surface area contributed by atoms with Crippen molar-refractivity contribution >= 4 is 35.3 Å². The third-order valence-corrected chi connectivity index (χ3v) is 3.31. The average molecular weight is 347 g/mol. The van der Waals surface area contributed by atoms with Crippen LogP contribution in [0.3, 0.4) is 0 Å². The summed E-state index contributed by atoms with van der Waals surface area (Å²) in [6.07, 6.45) is 3.67. The molecule has 0 aromatic heterocycles. The number of hydrogen-bond donors (Lipinski definition) is 2. The van der Waals surface area contributed by atoms with E-state index in [1.165, 1.54) is 7.11 Å². The van der Waals surface area contributed by atoms with Gasteiger partial charge in [-0.3, -0.25) is 10.1 Å². The number of methoxy groups -OCH3 is 1. The molecule has 1 amide bonds. The van der Waals surface area contributed by atoms with Crippen LogP contribution in [0.25, 0.3) is 6.08 Å². The smallest absolute Gasteiger partial charge is 0.273 e. The van der Waals surface area contributed by atoms with E-state index in [2.05, 4.69) is 17.2 Å². The fourth-order valence-electron chi connectivity index (χ4n) is 2.17. The zero-order chi connectivity index (χ0) is 17.7. The second-order valence-electron chi connectivity index (χ2n) is 4.83. The van der Waals surface area contributed by atoms with Crippen molar-refractivity contribution in [3.8, 4) is 11.5 Å². The fourth-order valence-corrected chi connectivity index (χ4v) is 2.37. The van der Waals surface area contributed by atoms with E-state index in [0.717, 1.165) is 0 Å². The van der Waals surface area contributed by atoms with E-state index in [4.69, 9.17) is 21.7 Å². The fraction of sp³-hybridized carbons (Fsp3) is 0.188. The van der Waals surface area contributed by atoms with Gasteiger partial charge >= 0.3 is 0 Å². The highest BCUT2D eigenvalue weighted by atomic mass is 32.1. The summed E-state index contributed by atoms with van der Waals surface area (Å²) >= 11 is 4.88. The van der Waals surface area contributed by atoms with E-state index in [-0.39, 0.29) is 11.0 Å². The van der Waals surface area contributed by atoms with Crippen LogP contribution < -0.4 is 25.2 Å². The molecule has 7 nitrogen and oxygen atoms in total. The minimum absolute atomic E-state index is 0.235. The second-order valence-corrected chi connectivity index (χ2v) is 5.24. The maximum Gasteiger partial charge on any atom is 0.273 e. The van der Waals surface area contributed by atoms with Gasteiger partial charge in [-0.15, -0.1) is 6.58 Å². The standard InChI is InChI=1S/C16H16N2O5S/c1-3-4-10-5-9(6-11-15(21)18-16(24)17-11)7-12(22-2)14(10)23-8-13(19)20/h3,5-7H,1,4,8H2,2H3,(H,19,20)(H2,17,18,21,24)/p-1/b11-6-. The molecular weight excluding hydrogens is 332 g/mol. The molecule has 0 saturated carbocycles. The van der Waals surface area contributed by atoms with E-state index in [9.17, 15) is 14.7 Å². The summed E-state index contributed by atoms with van der Waals surface area (Å²) in [7, 11) is 1.44. The lowest BCUT2D eigenvalue weighted by molar-refractivity contribution is -0.307. The van der Waals surface area contributed by atoms with Crippen LogP contribution in [0.4, 0.5) is 0 Å². The molecule has 0 aliphatic carbocycles. The molecule has 0 spiro atoms. The van der Waals surface area contributed by atoms with Crippen LogP contribution >= 0.6 is 12.2 Å². The van der Waals surface area contributed by atoms with Crippen LogP contribution in [0, 0.1) is 0 Å². The van der Waals surface area contributed by atoms with Gasteiger partial charge in [0, 0.05) is 5.56 Å². The predicted octanol–water partition coefficient (Wildman–Crippen LogP) is -0.102. The summed E-state index contributed by atoms with van der Waals surface area (Å²) in [5.74, 6) is -1.04. The normalized spacial score (nSPS) is 15.0. The van der Waals surface area contributed by atoms with Gasteiger partial charge in [0.05, 0.1) is 13.1 Å². The largest absolute Gasteiger partial charge is 0.546 e. The van der Waals surface area contributed by atoms with Gasteiger partial charge in [-0.1, -0.05) is 6.08 Å². The minimum Gasteiger partial charge on any atom is -0.546 e. The van der Waals surface area contributed by atoms with Gasteiger partial charge in [-0.05, 0) is 42.4 Å². The first-order valence-electron chi connectivity index (χ1n) is 6.93. The van der Waals surface area contributed by atoms with Crippen LogP contribution in [0.5, 0.6) is 11.5 Å². The number of allylic oxidation sites excluding steroid dienone is 1. The number of rotatable bonds is 7.